The average molecular weight is 404 g/mol. The Hall–Kier alpha value is -1.73. The van der Waals surface area contributed by atoms with Gasteiger partial charge in [0.2, 0.25) is 10.0 Å². The van der Waals surface area contributed by atoms with Crippen LogP contribution in [-0.2, 0) is 14.8 Å². The molecule has 0 aromatic heterocycles. The van der Waals surface area contributed by atoms with Crippen molar-refractivity contribution in [3.05, 3.63) is 65.7 Å². The largest absolute Gasteiger partial charge is 0.370 e. The van der Waals surface area contributed by atoms with Gasteiger partial charge in [-0.25, -0.2) is 8.42 Å². The van der Waals surface area contributed by atoms with E-state index in [0.717, 1.165) is 38.3 Å². The highest BCUT2D eigenvalue weighted by Crippen LogP contribution is 2.22. The van der Waals surface area contributed by atoms with E-state index in [9.17, 15) is 8.42 Å². The minimum Gasteiger partial charge on any atom is -0.370 e. The third-order valence-corrected chi connectivity index (χ3v) is 7.05. The number of ether oxygens (including phenoxy) is 1. The van der Waals surface area contributed by atoms with Gasteiger partial charge in [-0.05, 0) is 35.6 Å². The highest BCUT2D eigenvalue weighted by molar-refractivity contribution is 7.89. The number of hydrogen-bond acceptors (Lipinski definition) is 3. The third kappa shape index (κ3) is 5.41. The first-order valence-corrected chi connectivity index (χ1v) is 11.6. The van der Waals surface area contributed by atoms with Crippen LogP contribution in [0, 0.1) is 0 Å². The maximum Gasteiger partial charge on any atom is 0.241 e. The molecule has 0 bridgehead atoms. The molecule has 0 unspecified atom stereocenters. The molecule has 1 aliphatic heterocycles. The topological polar surface area (TPSA) is 59.8 Å². The van der Waals surface area contributed by atoms with Crippen LogP contribution in [0.1, 0.15) is 43.4 Å². The molecule has 2 aromatic rings. The van der Waals surface area contributed by atoms with E-state index in [-0.39, 0.29) is 6.04 Å². The van der Waals surface area contributed by atoms with Crippen molar-refractivity contribution in [2.75, 3.05) is 32.8 Å². The van der Waals surface area contributed by atoms with E-state index in [1.165, 1.54) is 10.5 Å². The van der Waals surface area contributed by atoms with Gasteiger partial charge in [0, 0.05) is 0 Å². The molecule has 1 fully saturated rings. The highest BCUT2D eigenvalue weighted by atomic mass is 32.2. The molecule has 0 amide bonds. The van der Waals surface area contributed by atoms with Gasteiger partial charge in [0.05, 0.1) is 30.7 Å². The second-order valence-electron chi connectivity index (χ2n) is 7.53. The molecule has 1 saturated heterocycles. The third-order valence-electron chi connectivity index (χ3n) is 5.56. The Labute approximate surface area is 168 Å². The summed E-state index contributed by atoms with van der Waals surface area (Å²) < 4.78 is 34.5. The summed E-state index contributed by atoms with van der Waals surface area (Å²) in [6.45, 7) is 8.23. The number of morpholine rings is 1. The van der Waals surface area contributed by atoms with Gasteiger partial charge in [0.1, 0.15) is 13.1 Å². The van der Waals surface area contributed by atoms with Gasteiger partial charge < -0.3 is 9.64 Å². The summed E-state index contributed by atoms with van der Waals surface area (Å²) in [6.07, 6.45) is 1.03. The van der Waals surface area contributed by atoms with Crippen LogP contribution in [0.15, 0.2) is 59.5 Å². The second kappa shape index (κ2) is 9.65. The lowest BCUT2D eigenvalue weighted by Gasteiger charge is -2.28. The summed E-state index contributed by atoms with van der Waals surface area (Å²) >= 11 is 0. The predicted molar refractivity (Wildman–Crippen MR) is 111 cm³/mol. The van der Waals surface area contributed by atoms with E-state index >= 15 is 0 Å². The van der Waals surface area contributed by atoms with Crippen LogP contribution < -0.4 is 9.62 Å². The Morgan fingerprint density at radius 2 is 1.64 bits per heavy atom. The fourth-order valence-corrected chi connectivity index (χ4v) is 4.76. The Bertz CT molecular complexity index is 832. The van der Waals surface area contributed by atoms with Crippen LogP contribution in [-0.4, -0.2) is 41.3 Å². The van der Waals surface area contributed by atoms with E-state index in [0.29, 0.717) is 17.4 Å². The van der Waals surface area contributed by atoms with E-state index in [1.807, 2.05) is 42.5 Å². The molecule has 2 atom stereocenters. The second-order valence-corrected chi connectivity index (χ2v) is 9.24. The molecular weight excluding hydrogens is 372 g/mol. The van der Waals surface area contributed by atoms with Crippen LogP contribution in [0.25, 0.3) is 0 Å². The number of rotatable bonds is 8. The summed E-state index contributed by atoms with van der Waals surface area (Å²) in [6, 6.07) is 16.8. The fraction of sp³-hybridized carbons (Fsp3) is 0.455. The van der Waals surface area contributed by atoms with Crippen molar-refractivity contribution in [3.8, 4) is 0 Å². The minimum atomic E-state index is -3.60. The normalized spacial score (nSPS) is 17.9. The smallest absolute Gasteiger partial charge is 0.241 e. The molecule has 152 valence electrons. The molecule has 3 rings (SSSR count). The maximum absolute atomic E-state index is 13.1. The van der Waals surface area contributed by atoms with Crippen molar-refractivity contribution < 1.29 is 18.1 Å². The summed E-state index contributed by atoms with van der Waals surface area (Å²) in [5, 5.41) is 0. The molecular formula is C22H31N2O3S+. The van der Waals surface area contributed by atoms with Crippen LogP contribution in [0.5, 0.6) is 0 Å². The predicted octanol–water partition coefficient (Wildman–Crippen LogP) is 2.13. The first kappa shape index (κ1) is 21.0. The lowest BCUT2D eigenvalue weighted by molar-refractivity contribution is -0.909. The molecule has 2 N–H and O–H groups in total. The number of quaternary nitrogens is 1. The molecule has 0 radical (unpaired) electrons. The summed E-state index contributed by atoms with van der Waals surface area (Å²) in [5.41, 5.74) is 2.15. The number of nitrogens with one attached hydrogen (secondary N) is 2. The number of hydrogen-bond donors (Lipinski definition) is 2. The molecule has 6 heteroatoms. The molecule has 28 heavy (non-hydrogen) atoms. The van der Waals surface area contributed by atoms with Crippen molar-refractivity contribution >= 4 is 10.0 Å². The van der Waals surface area contributed by atoms with Crippen molar-refractivity contribution in [2.24, 2.45) is 0 Å². The standard InChI is InChI=1S/C22H30N2O3S/c1-3-18(2)19-9-11-21(12-10-19)28(25,26)23-22(20-7-5-4-6-8-20)17-24-13-15-27-16-14-24/h4-12,18,22-23H,3,13-17H2,1-2H3/p+1/t18-,22+/m1/s1. The molecule has 0 spiro atoms. The average Bonchev–Trinajstić information content (AvgIpc) is 2.74. The molecule has 5 nitrogen and oxygen atoms in total. The molecule has 1 heterocycles. The minimum absolute atomic E-state index is 0.270. The van der Waals surface area contributed by atoms with Crippen molar-refractivity contribution in [3.63, 3.8) is 0 Å². The van der Waals surface area contributed by atoms with Gasteiger partial charge in [0.15, 0.2) is 0 Å². The Morgan fingerprint density at radius 1 is 1.00 bits per heavy atom. The molecule has 1 aliphatic rings. The lowest BCUT2D eigenvalue weighted by Crippen LogP contribution is -3.14. The van der Waals surface area contributed by atoms with Crippen LogP contribution in [0.3, 0.4) is 0 Å². The zero-order chi connectivity index (χ0) is 20.0. The maximum atomic E-state index is 13.1. The monoisotopic (exact) mass is 403 g/mol. The van der Waals surface area contributed by atoms with Crippen molar-refractivity contribution in [1.82, 2.24) is 4.72 Å². The fourth-order valence-electron chi connectivity index (χ4n) is 3.53. The Balaban J connectivity index is 1.80. The SMILES string of the molecule is CC[C@@H](C)c1ccc(S(=O)(=O)N[C@@H](C[NH+]2CCOCC2)c2ccccc2)cc1. The quantitative estimate of drug-likeness (QED) is 0.710. The van der Waals surface area contributed by atoms with Crippen LogP contribution in [0.2, 0.25) is 0 Å². The molecule has 0 aliphatic carbocycles. The zero-order valence-corrected chi connectivity index (χ0v) is 17.5. The van der Waals surface area contributed by atoms with Crippen molar-refractivity contribution in [1.29, 1.82) is 0 Å². The lowest BCUT2D eigenvalue weighted by atomic mass is 9.99. The van der Waals surface area contributed by atoms with Gasteiger partial charge in [-0.2, -0.15) is 4.72 Å². The van der Waals surface area contributed by atoms with E-state index < -0.39 is 10.0 Å². The Kier molecular flexibility index (Phi) is 7.24. The van der Waals surface area contributed by atoms with Gasteiger partial charge in [-0.3, -0.25) is 0 Å². The first-order valence-electron chi connectivity index (χ1n) is 10.1. The van der Waals surface area contributed by atoms with E-state index in [4.69, 9.17) is 4.74 Å². The van der Waals surface area contributed by atoms with Crippen LogP contribution >= 0.6 is 0 Å². The molecule has 0 saturated carbocycles. The summed E-state index contributed by atoms with van der Waals surface area (Å²) in [4.78, 5) is 1.67. The van der Waals surface area contributed by atoms with Gasteiger partial charge in [0.25, 0.3) is 0 Å². The highest BCUT2D eigenvalue weighted by Gasteiger charge is 2.26. The van der Waals surface area contributed by atoms with Gasteiger partial charge >= 0.3 is 0 Å². The Morgan fingerprint density at radius 3 is 2.25 bits per heavy atom. The van der Waals surface area contributed by atoms with E-state index in [2.05, 4.69) is 18.6 Å². The summed E-state index contributed by atoms with van der Waals surface area (Å²) in [5.74, 6) is 0.423. The van der Waals surface area contributed by atoms with Gasteiger partial charge in [-0.1, -0.05) is 56.3 Å². The van der Waals surface area contributed by atoms with Crippen LogP contribution in [0.4, 0.5) is 0 Å². The van der Waals surface area contributed by atoms with E-state index in [1.54, 1.807) is 12.1 Å². The van der Waals surface area contributed by atoms with Crippen molar-refractivity contribution in [2.45, 2.75) is 37.1 Å². The van der Waals surface area contributed by atoms with Gasteiger partial charge in [-0.15, -0.1) is 0 Å². The zero-order valence-electron chi connectivity index (χ0n) is 16.7. The number of sulfonamides is 1. The number of benzene rings is 2. The molecule has 2 aromatic carbocycles. The summed E-state index contributed by atoms with van der Waals surface area (Å²) in [7, 11) is -3.60. The first-order chi connectivity index (χ1) is 13.5.